The minimum atomic E-state index is -1.62. The Labute approximate surface area is 189 Å². The molecule has 31 heavy (non-hydrogen) atoms. The molecule has 0 unspecified atom stereocenters. The van der Waals surface area contributed by atoms with E-state index in [0.29, 0.717) is 5.56 Å². The highest BCUT2D eigenvalue weighted by atomic mass is 79.9. The number of carbonyl (C=O) groups is 2. The molecule has 2 aliphatic heterocycles. The number of ketones is 1. The molecule has 2 N–H and O–H groups in total. The van der Waals surface area contributed by atoms with Gasteiger partial charge < -0.3 is 10.6 Å². The van der Waals surface area contributed by atoms with Crippen molar-refractivity contribution in [3.63, 3.8) is 0 Å². The molecule has 158 valence electrons. The van der Waals surface area contributed by atoms with Gasteiger partial charge in [-0.1, -0.05) is 48.9 Å². The van der Waals surface area contributed by atoms with E-state index in [9.17, 15) is 14.9 Å². The molecule has 2 aliphatic rings. The van der Waals surface area contributed by atoms with Crippen LogP contribution in [0, 0.1) is 22.2 Å². The van der Waals surface area contributed by atoms with Crippen LogP contribution in [0.25, 0.3) is 6.08 Å². The summed E-state index contributed by atoms with van der Waals surface area (Å²) < 4.78 is 0.902. The minimum Gasteiger partial charge on any atom is -0.368 e. The molecule has 2 aromatic rings. The standard InChI is InChI=1S/C24H23BrN4O2/c1-23(2,3)21(30)20-19(14-8-10-28-11-9-14)24(13-26,22(27)31)18-7-4-15-12-16(25)5-6-17(15)29(18)20/h4-12,18-20H,1-3H3,(H2,27,31)/t18-,19-,20+,24+/m1/s1. The van der Waals surface area contributed by atoms with E-state index in [2.05, 4.69) is 27.0 Å². The number of aromatic nitrogens is 1. The highest BCUT2D eigenvalue weighted by Crippen LogP contribution is 2.56. The fourth-order valence-corrected chi connectivity index (χ4v) is 5.22. The third-order valence-electron chi connectivity index (χ3n) is 6.26. The average Bonchev–Trinajstić information content (AvgIpc) is 3.04. The molecule has 0 aliphatic carbocycles. The van der Waals surface area contributed by atoms with Crippen molar-refractivity contribution in [1.82, 2.24) is 4.98 Å². The first-order valence-electron chi connectivity index (χ1n) is 10.0. The lowest BCUT2D eigenvalue weighted by Gasteiger charge is -2.37. The molecular formula is C24H23BrN4O2. The van der Waals surface area contributed by atoms with Gasteiger partial charge in [-0.25, -0.2) is 0 Å². The molecule has 1 amide bonds. The number of primary amides is 1. The number of hydrogen-bond donors (Lipinski definition) is 1. The number of Topliss-reactive ketones (excluding diaryl/α,β-unsaturated/α-hetero) is 1. The Balaban J connectivity index is 2.06. The van der Waals surface area contributed by atoms with E-state index in [0.717, 1.165) is 15.7 Å². The van der Waals surface area contributed by atoms with Crippen molar-refractivity contribution in [3.05, 3.63) is 64.4 Å². The van der Waals surface area contributed by atoms with Crippen LogP contribution in [0.2, 0.25) is 0 Å². The van der Waals surface area contributed by atoms with E-state index in [1.54, 1.807) is 24.5 Å². The van der Waals surface area contributed by atoms with Crippen LogP contribution < -0.4 is 10.6 Å². The van der Waals surface area contributed by atoms with Gasteiger partial charge in [0.2, 0.25) is 5.91 Å². The van der Waals surface area contributed by atoms with Crippen molar-refractivity contribution in [2.75, 3.05) is 4.90 Å². The summed E-state index contributed by atoms with van der Waals surface area (Å²) in [7, 11) is 0. The second kappa shape index (κ2) is 7.31. The summed E-state index contributed by atoms with van der Waals surface area (Å²) in [6.07, 6.45) is 6.93. The molecule has 3 heterocycles. The highest BCUT2D eigenvalue weighted by molar-refractivity contribution is 9.10. The first kappa shape index (κ1) is 21.3. The van der Waals surface area contributed by atoms with E-state index in [1.165, 1.54) is 0 Å². The largest absolute Gasteiger partial charge is 0.368 e. The molecule has 6 nitrogen and oxygen atoms in total. The third-order valence-corrected chi connectivity index (χ3v) is 6.76. The summed E-state index contributed by atoms with van der Waals surface area (Å²) in [6, 6.07) is 10.1. The van der Waals surface area contributed by atoms with Crippen LogP contribution in [-0.4, -0.2) is 28.8 Å². The quantitative estimate of drug-likeness (QED) is 0.722. The lowest BCUT2D eigenvalue weighted by Crippen LogP contribution is -2.49. The maximum absolute atomic E-state index is 13.9. The molecule has 7 heteroatoms. The molecule has 1 fully saturated rings. The molecule has 4 rings (SSSR count). The maximum atomic E-state index is 13.9. The van der Waals surface area contributed by atoms with Crippen LogP contribution in [0.3, 0.4) is 0 Å². The predicted octanol–water partition coefficient (Wildman–Crippen LogP) is 3.82. The second-order valence-corrected chi connectivity index (χ2v) is 9.99. The Kier molecular flexibility index (Phi) is 5.01. The van der Waals surface area contributed by atoms with E-state index in [-0.39, 0.29) is 5.78 Å². The lowest BCUT2D eigenvalue weighted by atomic mass is 9.66. The van der Waals surface area contributed by atoms with Gasteiger partial charge in [-0.05, 0) is 41.5 Å². The van der Waals surface area contributed by atoms with Gasteiger partial charge in [0, 0.05) is 33.9 Å². The summed E-state index contributed by atoms with van der Waals surface area (Å²) in [6.45, 7) is 5.56. The summed E-state index contributed by atoms with van der Waals surface area (Å²) >= 11 is 3.49. The first-order chi connectivity index (χ1) is 14.6. The van der Waals surface area contributed by atoms with Crippen LogP contribution in [0.5, 0.6) is 0 Å². The van der Waals surface area contributed by atoms with Gasteiger partial charge in [-0.3, -0.25) is 14.6 Å². The summed E-state index contributed by atoms with van der Waals surface area (Å²) in [4.78, 5) is 32.8. The van der Waals surface area contributed by atoms with E-state index in [1.807, 2.05) is 56.0 Å². The van der Waals surface area contributed by atoms with Gasteiger partial charge in [0.05, 0.1) is 18.2 Å². The number of fused-ring (bicyclic) bond motifs is 3. The number of nitrogens with zero attached hydrogens (tertiary/aromatic N) is 3. The van der Waals surface area contributed by atoms with Crippen molar-refractivity contribution in [1.29, 1.82) is 5.26 Å². The molecule has 1 aromatic carbocycles. The highest BCUT2D eigenvalue weighted by Gasteiger charge is 2.66. The fraction of sp³-hybridized carbons (Fsp3) is 0.333. The van der Waals surface area contributed by atoms with Crippen molar-refractivity contribution in [2.45, 2.75) is 38.8 Å². The van der Waals surface area contributed by atoms with E-state index >= 15 is 0 Å². The molecule has 0 bridgehead atoms. The van der Waals surface area contributed by atoms with Crippen molar-refractivity contribution >= 4 is 39.4 Å². The zero-order chi connectivity index (χ0) is 22.6. The number of rotatable bonds is 3. The number of amides is 1. The summed E-state index contributed by atoms with van der Waals surface area (Å²) in [5.41, 5.74) is 6.03. The van der Waals surface area contributed by atoms with Crippen LogP contribution in [0.4, 0.5) is 5.69 Å². The van der Waals surface area contributed by atoms with Gasteiger partial charge >= 0.3 is 0 Å². The SMILES string of the molecule is CC(C)(C)C(=O)[C@@H]1[C@@H](c2ccncc2)[C@@](C#N)(C(N)=O)[C@H]2C=Cc3cc(Br)ccc3N12. The summed E-state index contributed by atoms with van der Waals surface area (Å²) in [5.74, 6) is -1.53. The Morgan fingerprint density at radius 3 is 2.48 bits per heavy atom. The van der Waals surface area contributed by atoms with Crippen LogP contribution in [0.1, 0.15) is 37.8 Å². The maximum Gasteiger partial charge on any atom is 0.241 e. The molecule has 1 aromatic heterocycles. The van der Waals surface area contributed by atoms with Crippen LogP contribution >= 0.6 is 15.9 Å². The number of nitrogens with two attached hydrogens (primary N) is 1. The number of pyridine rings is 1. The molecule has 1 saturated heterocycles. The van der Waals surface area contributed by atoms with Gasteiger partial charge in [0.25, 0.3) is 0 Å². The fourth-order valence-electron chi connectivity index (χ4n) is 4.85. The number of carbonyl (C=O) groups excluding carboxylic acids is 2. The average molecular weight is 479 g/mol. The van der Waals surface area contributed by atoms with Gasteiger partial charge in [-0.15, -0.1) is 0 Å². The number of benzene rings is 1. The second-order valence-electron chi connectivity index (χ2n) is 9.08. The Morgan fingerprint density at radius 2 is 1.90 bits per heavy atom. The zero-order valence-corrected chi connectivity index (χ0v) is 19.1. The Bertz CT molecular complexity index is 1130. The van der Waals surface area contributed by atoms with Gasteiger partial charge in [0.15, 0.2) is 11.2 Å². The van der Waals surface area contributed by atoms with Crippen molar-refractivity contribution in [2.24, 2.45) is 16.6 Å². The van der Waals surface area contributed by atoms with Crippen LogP contribution in [-0.2, 0) is 9.59 Å². The predicted molar refractivity (Wildman–Crippen MR) is 122 cm³/mol. The number of nitriles is 1. The van der Waals surface area contributed by atoms with E-state index in [4.69, 9.17) is 5.73 Å². The number of anilines is 1. The summed E-state index contributed by atoms with van der Waals surface area (Å²) in [5, 5.41) is 10.4. The van der Waals surface area contributed by atoms with Crippen molar-refractivity contribution < 1.29 is 9.59 Å². The molecule has 0 spiro atoms. The van der Waals surface area contributed by atoms with E-state index < -0.39 is 34.7 Å². The first-order valence-corrected chi connectivity index (χ1v) is 10.8. The number of hydrogen-bond acceptors (Lipinski definition) is 5. The lowest BCUT2D eigenvalue weighted by molar-refractivity contribution is -0.128. The third kappa shape index (κ3) is 3.09. The molecule has 4 atom stereocenters. The minimum absolute atomic E-state index is 0.0538. The topological polar surface area (TPSA) is 100 Å². The van der Waals surface area contributed by atoms with Crippen LogP contribution in [0.15, 0.2) is 53.3 Å². The number of halogens is 1. The van der Waals surface area contributed by atoms with Gasteiger partial charge in [-0.2, -0.15) is 5.26 Å². The van der Waals surface area contributed by atoms with Crippen molar-refractivity contribution in [3.8, 4) is 6.07 Å². The smallest absolute Gasteiger partial charge is 0.241 e. The Morgan fingerprint density at radius 1 is 1.23 bits per heavy atom. The van der Waals surface area contributed by atoms with Gasteiger partial charge in [0.1, 0.15) is 0 Å². The Hall–Kier alpha value is -2.98. The normalized spacial score (nSPS) is 26.7. The molecule has 0 saturated carbocycles. The monoisotopic (exact) mass is 478 g/mol. The zero-order valence-electron chi connectivity index (χ0n) is 17.5. The molecular weight excluding hydrogens is 456 g/mol. The molecule has 0 radical (unpaired) electrons.